The van der Waals surface area contributed by atoms with Crippen LogP contribution in [0.5, 0.6) is 0 Å². The van der Waals surface area contributed by atoms with Crippen LogP contribution >= 0.6 is 0 Å². The predicted octanol–water partition coefficient (Wildman–Crippen LogP) is 4.69. The van der Waals surface area contributed by atoms with E-state index < -0.39 is 34.1 Å². The lowest BCUT2D eigenvalue weighted by molar-refractivity contribution is -0.137. The second-order valence-corrected chi connectivity index (χ2v) is 10.2. The minimum absolute atomic E-state index is 0.0581. The Labute approximate surface area is 201 Å². The molecule has 0 saturated carbocycles. The smallest absolute Gasteiger partial charge is 0.392 e. The van der Waals surface area contributed by atoms with Crippen LogP contribution in [0.3, 0.4) is 0 Å². The van der Waals surface area contributed by atoms with Crippen molar-refractivity contribution in [1.29, 1.82) is 0 Å². The van der Waals surface area contributed by atoms with Crippen molar-refractivity contribution in [3.63, 3.8) is 0 Å². The van der Waals surface area contributed by atoms with E-state index in [0.29, 0.717) is 11.7 Å². The molecule has 1 aliphatic rings. The van der Waals surface area contributed by atoms with E-state index in [1.165, 1.54) is 24.3 Å². The van der Waals surface area contributed by atoms with E-state index in [2.05, 4.69) is 21.6 Å². The zero-order chi connectivity index (χ0) is 25.2. The Balaban J connectivity index is 1.69. The van der Waals surface area contributed by atoms with Crippen molar-refractivity contribution in [2.24, 2.45) is 5.92 Å². The molecular formula is C24H25F3N4O3S. The minimum atomic E-state index is -4.73. The lowest BCUT2D eigenvalue weighted by atomic mass is 10.0. The molecule has 3 heterocycles. The highest BCUT2D eigenvalue weighted by Crippen LogP contribution is 2.38. The molecule has 1 aliphatic heterocycles. The first-order valence-corrected chi connectivity index (χ1v) is 12.6. The van der Waals surface area contributed by atoms with Crippen molar-refractivity contribution < 1.29 is 26.7 Å². The molecule has 1 fully saturated rings. The summed E-state index contributed by atoms with van der Waals surface area (Å²) in [6.45, 7) is 3.15. The molecule has 0 spiro atoms. The Bertz CT molecular complexity index is 1320. The van der Waals surface area contributed by atoms with Crippen molar-refractivity contribution in [3.8, 4) is 11.3 Å². The number of benzene rings is 1. The van der Waals surface area contributed by atoms with Gasteiger partial charge in [-0.2, -0.15) is 21.6 Å². The fraction of sp³-hybridized carbons (Fsp3) is 0.333. The molecule has 0 radical (unpaired) electrons. The predicted molar refractivity (Wildman–Crippen MR) is 126 cm³/mol. The van der Waals surface area contributed by atoms with Crippen molar-refractivity contribution >= 4 is 21.7 Å². The second-order valence-electron chi connectivity index (χ2n) is 8.54. The maximum absolute atomic E-state index is 13.7. The Hall–Kier alpha value is -3.18. The van der Waals surface area contributed by atoms with Crippen LogP contribution in [0.25, 0.3) is 11.3 Å². The molecule has 0 bridgehead atoms. The quantitative estimate of drug-likeness (QED) is 0.504. The first-order chi connectivity index (χ1) is 16.6. The van der Waals surface area contributed by atoms with Gasteiger partial charge in [0.1, 0.15) is 11.6 Å². The summed E-state index contributed by atoms with van der Waals surface area (Å²) in [6, 6.07) is 12.3. The van der Waals surface area contributed by atoms with Gasteiger partial charge in [0.15, 0.2) is 5.03 Å². The zero-order valence-corrected chi connectivity index (χ0v) is 19.8. The van der Waals surface area contributed by atoms with Crippen molar-refractivity contribution in [2.75, 3.05) is 22.7 Å². The standard InChI is InChI=1S/C24H25F3N4O3S/c1-16-6-5-13-31(14-16)21-9-4-10-22(29-21)35(33,34)30-20-12-11-19(24(25,26)27)23(28-20)18-8-3-2-7-17(18)15-32/h2-4,7-12,16,32H,5-6,13-15H2,1H3,(H,28,30). The molecular weight excluding hydrogens is 481 g/mol. The Morgan fingerprint density at radius 3 is 2.57 bits per heavy atom. The topological polar surface area (TPSA) is 95.4 Å². The second kappa shape index (κ2) is 9.82. The molecule has 7 nitrogen and oxygen atoms in total. The van der Waals surface area contributed by atoms with Gasteiger partial charge in [-0.15, -0.1) is 0 Å². The minimum Gasteiger partial charge on any atom is -0.392 e. The van der Waals surface area contributed by atoms with Crippen molar-refractivity contribution in [3.05, 3.63) is 65.7 Å². The number of nitrogens with zero attached hydrogens (tertiary/aromatic N) is 3. The van der Waals surface area contributed by atoms with Gasteiger partial charge >= 0.3 is 6.18 Å². The highest BCUT2D eigenvalue weighted by atomic mass is 32.2. The maximum Gasteiger partial charge on any atom is 0.418 e. The van der Waals surface area contributed by atoms with Crippen molar-refractivity contribution in [2.45, 2.75) is 37.6 Å². The molecule has 4 rings (SSSR count). The summed E-state index contributed by atoms with van der Waals surface area (Å²) >= 11 is 0. The summed E-state index contributed by atoms with van der Waals surface area (Å²) in [5.74, 6) is 0.692. The number of rotatable bonds is 6. The molecule has 11 heteroatoms. The number of hydrogen-bond acceptors (Lipinski definition) is 6. The summed E-state index contributed by atoms with van der Waals surface area (Å²) in [5.41, 5.74) is -1.23. The fourth-order valence-electron chi connectivity index (χ4n) is 4.16. The molecule has 35 heavy (non-hydrogen) atoms. The zero-order valence-electron chi connectivity index (χ0n) is 19.0. The summed E-state index contributed by atoms with van der Waals surface area (Å²) < 4.78 is 69.5. The molecule has 1 unspecified atom stereocenters. The lowest BCUT2D eigenvalue weighted by Gasteiger charge is -2.31. The number of nitrogens with one attached hydrogen (secondary N) is 1. The average Bonchev–Trinajstić information content (AvgIpc) is 2.83. The van der Waals surface area contributed by atoms with Gasteiger partial charge in [0, 0.05) is 18.7 Å². The van der Waals surface area contributed by atoms with Crippen LogP contribution in [0.2, 0.25) is 0 Å². The Morgan fingerprint density at radius 1 is 1.09 bits per heavy atom. The normalized spacial score (nSPS) is 16.8. The third-order valence-electron chi connectivity index (χ3n) is 5.85. The van der Waals surface area contributed by atoms with Crippen LogP contribution in [0.1, 0.15) is 30.9 Å². The average molecular weight is 507 g/mol. The van der Waals surface area contributed by atoms with Gasteiger partial charge in [-0.1, -0.05) is 37.3 Å². The van der Waals surface area contributed by atoms with E-state index in [4.69, 9.17) is 0 Å². The van der Waals surface area contributed by atoms with Gasteiger partial charge in [-0.3, -0.25) is 4.72 Å². The van der Waals surface area contributed by atoms with Crippen LogP contribution in [0.15, 0.2) is 59.6 Å². The number of aliphatic hydroxyl groups is 1. The molecule has 3 aromatic rings. The number of anilines is 2. The first kappa shape index (κ1) is 24.9. The summed E-state index contributed by atoms with van der Waals surface area (Å²) in [4.78, 5) is 10.3. The number of sulfonamides is 1. The van der Waals surface area contributed by atoms with Crippen LogP contribution in [-0.2, 0) is 22.8 Å². The van der Waals surface area contributed by atoms with Crippen LogP contribution in [0, 0.1) is 5.92 Å². The molecule has 2 N–H and O–H groups in total. The highest BCUT2D eigenvalue weighted by Gasteiger charge is 2.35. The van der Waals surface area contributed by atoms with Gasteiger partial charge in [0.05, 0.1) is 17.9 Å². The monoisotopic (exact) mass is 506 g/mol. The maximum atomic E-state index is 13.7. The number of alkyl halides is 3. The number of halogens is 3. The summed E-state index contributed by atoms with van der Waals surface area (Å²) in [7, 11) is -4.23. The molecule has 0 amide bonds. The van der Waals surface area contributed by atoms with Gasteiger partial charge in [0.25, 0.3) is 10.0 Å². The Morgan fingerprint density at radius 2 is 1.86 bits per heavy atom. The van der Waals surface area contributed by atoms with Crippen LogP contribution in [-0.4, -0.2) is 36.6 Å². The lowest BCUT2D eigenvalue weighted by Crippen LogP contribution is -2.35. The molecule has 0 aliphatic carbocycles. The molecule has 1 atom stereocenters. The van der Waals surface area contributed by atoms with E-state index in [1.54, 1.807) is 18.2 Å². The first-order valence-electron chi connectivity index (χ1n) is 11.1. The van der Waals surface area contributed by atoms with Gasteiger partial charge < -0.3 is 10.0 Å². The van der Waals surface area contributed by atoms with Gasteiger partial charge in [-0.25, -0.2) is 9.97 Å². The van der Waals surface area contributed by atoms with Crippen molar-refractivity contribution in [1.82, 2.24) is 9.97 Å². The number of aromatic nitrogens is 2. The molecule has 1 aromatic carbocycles. The van der Waals surface area contributed by atoms with Crippen LogP contribution < -0.4 is 9.62 Å². The van der Waals surface area contributed by atoms with Crippen LogP contribution in [0.4, 0.5) is 24.8 Å². The molecule has 1 saturated heterocycles. The number of hydrogen-bond donors (Lipinski definition) is 2. The highest BCUT2D eigenvalue weighted by molar-refractivity contribution is 7.92. The van der Waals surface area contributed by atoms with E-state index >= 15 is 0 Å². The number of piperidine rings is 1. The van der Waals surface area contributed by atoms with E-state index in [-0.39, 0.29) is 22.0 Å². The molecule has 2 aromatic heterocycles. The third-order valence-corrected chi connectivity index (χ3v) is 7.10. The number of pyridine rings is 2. The largest absolute Gasteiger partial charge is 0.418 e. The van der Waals surface area contributed by atoms with E-state index in [0.717, 1.165) is 38.1 Å². The van der Waals surface area contributed by atoms with E-state index in [1.807, 2.05) is 4.90 Å². The molecule has 186 valence electrons. The number of aliphatic hydroxyl groups excluding tert-OH is 1. The third kappa shape index (κ3) is 5.57. The summed E-state index contributed by atoms with van der Waals surface area (Å²) in [6.07, 6.45) is -2.66. The fourth-order valence-corrected chi connectivity index (χ4v) is 5.12. The van der Waals surface area contributed by atoms with Gasteiger partial charge in [0.2, 0.25) is 0 Å². The SMILES string of the molecule is CC1CCCN(c2cccc(S(=O)(=O)Nc3ccc(C(F)(F)F)c(-c4ccccc4CO)n3)n2)C1. The Kier molecular flexibility index (Phi) is 7.00. The summed E-state index contributed by atoms with van der Waals surface area (Å²) in [5, 5.41) is 9.34. The van der Waals surface area contributed by atoms with Gasteiger partial charge in [-0.05, 0) is 48.6 Å². The van der Waals surface area contributed by atoms with E-state index in [9.17, 15) is 26.7 Å².